The van der Waals surface area contributed by atoms with Crippen LogP contribution in [0.15, 0.2) is 12.4 Å². The molecule has 0 radical (unpaired) electrons. The Morgan fingerprint density at radius 2 is 2.39 bits per heavy atom. The summed E-state index contributed by atoms with van der Waals surface area (Å²) < 4.78 is 1.85. The number of nitrogens with zero attached hydrogens (tertiary/aromatic N) is 2. The summed E-state index contributed by atoms with van der Waals surface area (Å²) in [5.74, 6) is 0.814. The van der Waals surface area contributed by atoms with Gasteiger partial charge in [0, 0.05) is 24.4 Å². The van der Waals surface area contributed by atoms with E-state index in [0.717, 1.165) is 25.1 Å². The smallest absolute Gasteiger partial charge is 0.242 e. The number of amides is 1. The van der Waals surface area contributed by atoms with Crippen molar-refractivity contribution in [2.45, 2.75) is 39.2 Å². The van der Waals surface area contributed by atoms with Gasteiger partial charge in [0.2, 0.25) is 5.91 Å². The van der Waals surface area contributed by atoms with Crippen LogP contribution in [0.5, 0.6) is 0 Å². The largest absolute Gasteiger partial charge is 0.396 e. The second-order valence-electron chi connectivity index (χ2n) is 5.29. The van der Waals surface area contributed by atoms with E-state index in [1.165, 1.54) is 0 Å². The van der Waals surface area contributed by atoms with Crippen molar-refractivity contribution in [1.82, 2.24) is 14.9 Å². The van der Waals surface area contributed by atoms with E-state index in [1.54, 1.807) is 6.20 Å². The van der Waals surface area contributed by atoms with Crippen LogP contribution in [-0.4, -0.2) is 33.7 Å². The SMILES string of the molecule is Cc1nccn1C(C)C(=O)NCC1(CO)CCC1. The zero-order chi connectivity index (χ0) is 13.2. The molecule has 1 amide bonds. The van der Waals surface area contributed by atoms with E-state index >= 15 is 0 Å². The average Bonchev–Trinajstić information content (AvgIpc) is 2.73. The number of hydrogen-bond acceptors (Lipinski definition) is 3. The molecule has 1 saturated carbocycles. The van der Waals surface area contributed by atoms with Gasteiger partial charge in [0.15, 0.2) is 0 Å². The second-order valence-corrected chi connectivity index (χ2v) is 5.29. The predicted molar refractivity (Wildman–Crippen MR) is 68.1 cm³/mol. The maximum Gasteiger partial charge on any atom is 0.242 e. The highest BCUT2D eigenvalue weighted by atomic mass is 16.3. The van der Waals surface area contributed by atoms with Crippen molar-refractivity contribution in [3.63, 3.8) is 0 Å². The lowest BCUT2D eigenvalue weighted by atomic mass is 9.69. The van der Waals surface area contributed by atoms with Gasteiger partial charge in [-0.15, -0.1) is 0 Å². The molecule has 1 atom stereocenters. The molecular weight excluding hydrogens is 230 g/mol. The molecule has 18 heavy (non-hydrogen) atoms. The summed E-state index contributed by atoms with van der Waals surface area (Å²) in [5.41, 5.74) is -0.0701. The Hall–Kier alpha value is -1.36. The molecule has 0 spiro atoms. The highest BCUT2D eigenvalue weighted by molar-refractivity contribution is 5.80. The van der Waals surface area contributed by atoms with Crippen LogP contribution >= 0.6 is 0 Å². The van der Waals surface area contributed by atoms with Crippen LogP contribution in [0.1, 0.15) is 38.1 Å². The van der Waals surface area contributed by atoms with Gasteiger partial charge in [0.1, 0.15) is 11.9 Å². The van der Waals surface area contributed by atoms with Gasteiger partial charge in [-0.2, -0.15) is 0 Å². The number of aryl methyl sites for hydroxylation is 1. The van der Waals surface area contributed by atoms with E-state index in [2.05, 4.69) is 10.3 Å². The highest BCUT2D eigenvalue weighted by Crippen LogP contribution is 2.39. The van der Waals surface area contributed by atoms with E-state index in [0.29, 0.717) is 6.54 Å². The molecule has 1 aliphatic rings. The monoisotopic (exact) mass is 251 g/mol. The summed E-state index contributed by atoms with van der Waals surface area (Å²) in [4.78, 5) is 16.2. The molecule has 2 N–H and O–H groups in total. The summed E-state index contributed by atoms with van der Waals surface area (Å²) >= 11 is 0. The molecule has 1 heterocycles. The first kappa shape index (κ1) is 13.1. The number of carbonyl (C=O) groups is 1. The zero-order valence-electron chi connectivity index (χ0n) is 11.0. The zero-order valence-corrected chi connectivity index (χ0v) is 11.0. The van der Waals surface area contributed by atoms with Gasteiger partial charge in [-0.05, 0) is 26.7 Å². The predicted octanol–water partition coefficient (Wildman–Crippen LogP) is 1.03. The molecule has 0 aliphatic heterocycles. The number of hydrogen-bond donors (Lipinski definition) is 2. The first-order valence-corrected chi connectivity index (χ1v) is 6.46. The van der Waals surface area contributed by atoms with Gasteiger partial charge in [0.25, 0.3) is 0 Å². The minimum Gasteiger partial charge on any atom is -0.396 e. The van der Waals surface area contributed by atoms with Gasteiger partial charge < -0.3 is 15.0 Å². The summed E-state index contributed by atoms with van der Waals surface area (Å²) in [6, 6.07) is -0.261. The van der Waals surface area contributed by atoms with Crippen molar-refractivity contribution in [3.8, 4) is 0 Å². The van der Waals surface area contributed by atoms with E-state index in [9.17, 15) is 9.90 Å². The first-order valence-electron chi connectivity index (χ1n) is 6.46. The quantitative estimate of drug-likeness (QED) is 0.821. The average molecular weight is 251 g/mol. The maximum atomic E-state index is 12.1. The van der Waals surface area contributed by atoms with E-state index in [4.69, 9.17) is 0 Å². The second kappa shape index (κ2) is 5.10. The maximum absolute atomic E-state index is 12.1. The number of rotatable bonds is 5. The lowest BCUT2D eigenvalue weighted by Gasteiger charge is -2.40. The van der Waals surface area contributed by atoms with Crippen LogP contribution in [0.2, 0.25) is 0 Å². The van der Waals surface area contributed by atoms with Gasteiger partial charge in [-0.25, -0.2) is 4.98 Å². The van der Waals surface area contributed by atoms with Crippen LogP contribution in [0.3, 0.4) is 0 Å². The Balaban J connectivity index is 1.90. The molecule has 0 bridgehead atoms. The number of imidazole rings is 1. The summed E-state index contributed by atoms with van der Waals surface area (Å²) in [6.45, 7) is 4.47. The van der Waals surface area contributed by atoms with Crippen LogP contribution in [0.25, 0.3) is 0 Å². The Bertz CT molecular complexity index is 418. The third-order valence-corrected chi connectivity index (χ3v) is 4.05. The molecule has 1 aliphatic carbocycles. The van der Waals surface area contributed by atoms with Crippen molar-refractivity contribution >= 4 is 5.91 Å². The van der Waals surface area contributed by atoms with Crippen molar-refractivity contribution < 1.29 is 9.90 Å². The Kier molecular flexibility index (Phi) is 3.71. The van der Waals surface area contributed by atoms with Gasteiger partial charge in [0.05, 0.1) is 6.61 Å². The third kappa shape index (κ3) is 2.41. The van der Waals surface area contributed by atoms with Crippen LogP contribution in [0, 0.1) is 12.3 Å². The van der Waals surface area contributed by atoms with Crippen LogP contribution < -0.4 is 5.32 Å². The molecule has 0 saturated heterocycles. The Morgan fingerprint density at radius 1 is 1.67 bits per heavy atom. The Labute approximate surface area is 107 Å². The number of carbonyl (C=O) groups excluding carboxylic acids is 1. The van der Waals surface area contributed by atoms with E-state index in [1.807, 2.05) is 24.6 Å². The molecule has 1 unspecified atom stereocenters. The lowest BCUT2D eigenvalue weighted by molar-refractivity contribution is -0.125. The van der Waals surface area contributed by atoms with Gasteiger partial charge in [-0.1, -0.05) is 6.42 Å². The van der Waals surface area contributed by atoms with Crippen molar-refractivity contribution in [2.75, 3.05) is 13.2 Å². The molecule has 0 aromatic carbocycles. The standard InChI is InChI=1S/C13H21N3O2/c1-10(16-7-6-14-11(16)2)12(18)15-8-13(9-17)4-3-5-13/h6-7,10,17H,3-5,8-9H2,1-2H3,(H,15,18). The Morgan fingerprint density at radius 3 is 2.83 bits per heavy atom. The first-order chi connectivity index (χ1) is 8.58. The van der Waals surface area contributed by atoms with Gasteiger partial charge in [-0.3, -0.25) is 4.79 Å². The minimum atomic E-state index is -0.261. The third-order valence-electron chi connectivity index (χ3n) is 4.05. The lowest BCUT2D eigenvalue weighted by Crippen LogP contribution is -2.46. The summed E-state index contributed by atoms with van der Waals surface area (Å²) in [6.07, 6.45) is 6.65. The van der Waals surface area contributed by atoms with Gasteiger partial charge >= 0.3 is 0 Å². The molecule has 1 fully saturated rings. The molecule has 1 aromatic rings. The molecule has 100 valence electrons. The van der Waals surface area contributed by atoms with Crippen molar-refractivity contribution in [2.24, 2.45) is 5.41 Å². The molecule has 5 nitrogen and oxygen atoms in total. The van der Waals surface area contributed by atoms with Crippen LogP contribution in [-0.2, 0) is 4.79 Å². The summed E-state index contributed by atoms with van der Waals surface area (Å²) in [5, 5.41) is 12.3. The highest BCUT2D eigenvalue weighted by Gasteiger charge is 2.36. The number of aliphatic hydroxyl groups is 1. The van der Waals surface area contributed by atoms with E-state index in [-0.39, 0.29) is 24.0 Å². The minimum absolute atomic E-state index is 0.0178. The molecule has 1 aromatic heterocycles. The fourth-order valence-electron chi connectivity index (χ4n) is 2.41. The van der Waals surface area contributed by atoms with Crippen molar-refractivity contribution in [3.05, 3.63) is 18.2 Å². The fourth-order valence-corrected chi connectivity index (χ4v) is 2.41. The molecule has 2 rings (SSSR count). The molecular formula is C13H21N3O2. The van der Waals surface area contributed by atoms with Crippen molar-refractivity contribution in [1.29, 1.82) is 0 Å². The van der Waals surface area contributed by atoms with Crippen LogP contribution in [0.4, 0.5) is 0 Å². The normalized spacial score (nSPS) is 19.1. The topological polar surface area (TPSA) is 67.2 Å². The fraction of sp³-hybridized carbons (Fsp3) is 0.692. The molecule has 5 heteroatoms. The number of aliphatic hydroxyl groups excluding tert-OH is 1. The van der Waals surface area contributed by atoms with E-state index < -0.39 is 0 Å². The number of aromatic nitrogens is 2. The summed E-state index contributed by atoms with van der Waals surface area (Å²) in [7, 11) is 0. The number of nitrogens with one attached hydrogen (secondary N) is 1.